The van der Waals surface area contributed by atoms with Gasteiger partial charge in [0, 0.05) is 25.4 Å². The van der Waals surface area contributed by atoms with Gasteiger partial charge in [-0.1, -0.05) is 0 Å². The second-order valence-electron chi connectivity index (χ2n) is 4.06. The number of ether oxygens (including phenoxy) is 1. The van der Waals surface area contributed by atoms with E-state index in [2.05, 4.69) is 0 Å². The van der Waals surface area contributed by atoms with Crippen molar-refractivity contribution in [1.29, 1.82) is 5.26 Å². The van der Waals surface area contributed by atoms with Gasteiger partial charge in [0.15, 0.2) is 0 Å². The Morgan fingerprint density at radius 2 is 2.18 bits per heavy atom. The Bertz CT molecular complexity index is 412. The minimum absolute atomic E-state index is 0.0733. The lowest BCUT2D eigenvalue weighted by Crippen LogP contribution is -2.33. The molecule has 3 nitrogen and oxygen atoms in total. The second-order valence-corrected chi connectivity index (χ2v) is 4.06. The van der Waals surface area contributed by atoms with E-state index >= 15 is 0 Å². The van der Waals surface area contributed by atoms with Crippen LogP contribution in [0.4, 0.5) is 10.1 Å². The Morgan fingerprint density at radius 1 is 1.47 bits per heavy atom. The molecule has 0 N–H and O–H groups in total. The van der Waals surface area contributed by atoms with Crippen LogP contribution in [-0.4, -0.2) is 26.3 Å². The third kappa shape index (κ3) is 3.43. The number of anilines is 1. The van der Waals surface area contributed by atoms with Crippen molar-refractivity contribution in [2.75, 3.05) is 25.2 Å². The summed E-state index contributed by atoms with van der Waals surface area (Å²) in [7, 11) is 1.64. The number of methoxy groups -OCH3 is 1. The Kier molecular flexibility index (Phi) is 4.92. The number of benzene rings is 1. The molecule has 17 heavy (non-hydrogen) atoms. The third-order valence-corrected chi connectivity index (χ3v) is 2.56. The summed E-state index contributed by atoms with van der Waals surface area (Å²) in [4.78, 5) is 2.04. The quantitative estimate of drug-likeness (QED) is 0.788. The monoisotopic (exact) mass is 236 g/mol. The summed E-state index contributed by atoms with van der Waals surface area (Å²) in [6.45, 7) is 5.34. The summed E-state index contributed by atoms with van der Waals surface area (Å²) in [5, 5.41) is 8.67. The first kappa shape index (κ1) is 13.5. The van der Waals surface area contributed by atoms with E-state index in [0.717, 1.165) is 5.69 Å². The van der Waals surface area contributed by atoms with Gasteiger partial charge in [0.05, 0.1) is 12.2 Å². The van der Waals surface area contributed by atoms with E-state index in [-0.39, 0.29) is 11.6 Å². The maximum atomic E-state index is 13.5. The molecule has 4 heteroatoms. The van der Waals surface area contributed by atoms with Crippen LogP contribution in [0.25, 0.3) is 0 Å². The van der Waals surface area contributed by atoms with Gasteiger partial charge < -0.3 is 9.64 Å². The molecule has 0 aliphatic rings. The van der Waals surface area contributed by atoms with E-state index in [4.69, 9.17) is 10.00 Å². The summed E-state index contributed by atoms with van der Waals surface area (Å²) >= 11 is 0. The van der Waals surface area contributed by atoms with Gasteiger partial charge in [0.25, 0.3) is 0 Å². The lowest BCUT2D eigenvalue weighted by Gasteiger charge is -2.28. The zero-order valence-corrected chi connectivity index (χ0v) is 10.4. The number of nitrogens with zero attached hydrogens (tertiary/aromatic N) is 2. The van der Waals surface area contributed by atoms with Crippen molar-refractivity contribution in [2.24, 2.45) is 0 Å². The maximum Gasteiger partial charge on any atom is 0.143 e. The molecule has 0 spiro atoms. The van der Waals surface area contributed by atoms with E-state index in [1.807, 2.05) is 24.8 Å². The van der Waals surface area contributed by atoms with E-state index in [1.165, 1.54) is 12.1 Å². The average Bonchev–Trinajstić information content (AvgIpc) is 2.29. The highest BCUT2D eigenvalue weighted by Gasteiger charge is 2.12. The van der Waals surface area contributed by atoms with Crippen molar-refractivity contribution in [1.82, 2.24) is 0 Å². The number of rotatable bonds is 5. The van der Waals surface area contributed by atoms with Crippen molar-refractivity contribution in [3.8, 4) is 6.07 Å². The predicted octanol–water partition coefficient (Wildman–Crippen LogP) is 2.56. The zero-order chi connectivity index (χ0) is 12.8. The van der Waals surface area contributed by atoms with Crippen molar-refractivity contribution in [3.63, 3.8) is 0 Å². The van der Waals surface area contributed by atoms with Crippen molar-refractivity contribution in [2.45, 2.75) is 19.9 Å². The van der Waals surface area contributed by atoms with E-state index in [0.29, 0.717) is 13.2 Å². The minimum Gasteiger partial charge on any atom is -0.383 e. The summed E-state index contributed by atoms with van der Waals surface area (Å²) in [6, 6.07) is 6.73. The first-order valence-corrected chi connectivity index (χ1v) is 5.55. The van der Waals surface area contributed by atoms with Crippen LogP contribution in [0.2, 0.25) is 0 Å². The van der Waals surface area contributed by atoms with E-state index in [1.54, 1.807) is 13.2 Å². The number of halogens is 1. The van der Waals surface area contributed by atoms with Crippen LogP contribution in [0, 0.1) is 17.1 Å². The van der Waals surface area contributed by atoms with Crippen LogP contribution < -0.4 is 4.90 Å². The molecular formula is C13H17FN2O. The van der Waals surface area contributed by atoms with E-state index in [9.17, 15) is 4.39 Å². The number of hydrogen-bond donors (Lipinski definition) is 0. The predicted molar refractivity (Wildman–Crippen MR) is 65.5 cm³/mol. The largest absolute Gasteiger partial charge is 0.383 e. The summed E-state index contributed by atoms with van der Waals surface area (Å²) < 4.78 is 18.5. The Hall–Kier alpha value is -1.60. The lowest BCUT2D eigenvalue weighted by atomic mass is 10.1. The molecule has 0 heterocycles. The highest BCUT2D eigenvalue weighted by Crippen LogP contribution is 2.20. The zero-order valence-electron chi connectivity index (χ0n) is 10.4. The normalized spacial score (nSPS) is 10.4. The topological polar surface area (TPSA) is 36.3 Å². The van der Waals surface area contributed by atoms with Crippen LogP contribution in [0.1, 0.15) is 19.4 Å². The molecule has 0 saturated carbocycles. The molecule has 92 valence electrons. The van der Waals surface area contributed by atoms with Crippen LogP contribution in [0.5, 0.6) is 0 Å². The van der Waals surface area contributed by atoms with Crippen molar-refractivity contribution < 1.29 is 9.13 Å². The maximum absolute atomic E-state index is 13.5. The first-order valence-electron chi connectivity index (χ1n) is 5.55. The average molecular weight is 236 g/mol. The Balaban J connectivity index is 2.95. The van der Waals surface area contributed by atoms with Gasteiger partial charge in [-0.15, -0.1) is 0 Å². The molecule has 0 aliphatic heterocycles. The fraction of sp³-hybridized carbons (Fsp3) is 0.462. The SMILES string of the molecule is COCCN(c1ccc(C#N)c(F)c1)C(C)C. The molecule has 0 bridgehead atoms. The fourth-order valence-electron chi connectivity index (χ4n) is 1.65. The van der Waals surface area contributed by atoms with Gasteiger partial charge in [-0.3, -0.25) is 0 Å². The van der Waals surface area contributed by atoms with E-state index < -0.39 is 5.82 Å². The lowest BCUT2D eigenvalue weighted by molar-refractivity contribution is 0.204. The molecule has 0 atom stereocenters. The van der Waals surface area contributed by atoms with Crippen molar-refractivity contribution in [3.05, 3.63) is 29.6 Å². The van der Waals surface area contributed by atoms with Gasteiger partial charge in [0.1, 0.15) is 11.9 Å². The number of nitriles is 1. The van der Waals surface area contributed by atoms with Crippen LogP contribution in [0.3, 0.4) is 0 Å². The Morgan fingerprint density at radius 3 is 2.65 bits per heavy atom. The fourth-order valence-corrected chi connectivity index (χ4v) is 1.65. The van der Waals surface area contributed by atoms with Crippen LogP contribution >= 0.6 is 0 Å². The smallest absolute Gasteiger partial charge is 0.143 e. The summed E-state index contributed by atoms with van der Waals surface area (Å²) in [5.74, 6) is -0.479. The molecule has 0 fully saturated rings. The highest BCUT2D eigenvalue weighted by molar-refractivity contribution is 5.51. The number of hydrogen-bond acceptors (Lipinski definition) is 3. The molecule has 0 saturated heterocycles. The van der Waals surface area contributed by atoms with Gasteiger partial charge in [-0.2, -0.15) is 5.26 Å². The Labute approximate surface area is 101 Å². The molecule has 0 aliphatic carbocycles. The molecule has 0 radical (unpaired) electrons. The minimum atomic E-state index is -0.479. The van der Waals surface area contributed by atoms with Crippen LogP contribution in [0.15, 0.2) is 18.2 Å². The molecule has 0 amide bonds. The molecule has 0 unspecified atom stereocenters. The second kappa shape index (κ2) is 6.21. The van der Waals surface area contributed by atoms with Gasteiger partial charge in [0.2, 0.25) is 0 Å². The highest BCUT2D eigenvalue weighted by atomic mass is 19.1. The standard InChI is InChI=1S/C13H17FN2O/c1-10(2)16(6-7-17-3)12-5-4-11(9-15)13(14)8-12/h4-5,8,10H,6-7H2,1-3H3. The summed E-state index contributed by atoms with van der Waals surface area (Å²) in [5.41, 5.74) is 0.845. The van der Waals surface area contributed by atoms with Gasteiger partial charge >= 0.3 is 0 Å². The van der Waals surface area contributed by atoms with Crippen molar-refractivity contribution >= 4 is 5.69 Å². The molecular weight excluding hydrogens is 219 g/mol. The molecule has 1 rings (SSSR count). The molecule has 1 aromatic rings. The molecule has 0 aromatic heterocycles. The first-order chi connectivity index (χ1) is 8.10. The van der Waals surface area contributed by atoms with Gasteiger partial charge in [-0.05, 0) is 32.0 Å². The van der Waals surface area contributed by atoms with Crippen LogP contribution in [-0.2, 0) is 4.74 Å². The van der Waals surface area contributed by atoms with Gasteiger partial charge in [-0.25, -0.2) is 4.39 Å². The molecule has 1 aromatic carbocycles. The third-order valence-electron chi connectivity index (χ3n) is 2.56. The summed E-state index contributed by atoms with van der Waals surface area (Å²) in [6.07, 6.45) is 0.